The van der Waals surface area contributed by atoms with E-state index in [1.807, 2.05) is 18.4 Å². The van der Waals surface area contributed by atoms with E-state index in [0.717, 1.165) is 13.2 Å². The van der Waals surface area contributed by atoms with Crippen LogP contribution in [0, 0.1) is 0 Å². The number of benzene rings is 1. The molecule has 1 aromatic rings. The smallest absolute Gasteiger partial charge is 0.110 e. The van der Waals surface area contributed by atoms with E-state index < -0.39 is 0 Å². The highest BCUT2D eigenvalue weighted by atomic mass is 15.2. The molecule has 2 heteroatoms. The van der Waals surface area contributed by atoms with Gasteiger partial charge in [0.1, 0.15) is 6.67 Å². The summed E-state index contributed by atoms with van der Waals surface area (Å²) in [6.45, 7) is 1.71. The van der Waals surface area contributed by atoms with Crippen LogP contribution in [0.25, 0.3) is 0 Å². The van der Waals surface area contributed by atoms with Crippen molar-refractivity contribution < 1.29 is 0 Å². The molecule has 2 rings (SSSR count). The summed E-state index contributed by atoms with van der Waals surface area (Å²) >= 11 is 0. The fourth-order valence-electron chi connectivity index (χ4n) is 1.34. The lowest BCUT2D eigenvalue weighted by Gasteiger charge is -2.19. The van der Waals surface area contributed by atoms with Gasteiger partial charge in [-0.3, -0.25) is 4.99 Å². The molecule has 1 aliphatic rings. The van der Waals surface area contributed by atoms with Crippen LogP contribution < -0.4 is 0 Å². The minimum absolute atomic E-state index is 0.769. The van der Waals surface area contributed by atoms with Crippen LogP contribution >= 0.6 is 0 Å². The molecule has 0 amide bonds. The van der Waals surface area contributed by atoms with Crippen LogP contribution in [-0.4, -0.2) is 17.8 Å². The molecule has 1 aliphatic heterocycles. The number of allylic oxidation sites excluding steroid dienone is 1. The zero-order chi connectivity index (χ0) is 8.93. The first-order chi connectivity index (χ1) is 6.45. The average molecular weight is 172 g/mol. The van der Waals surface area contributed by atoms with Crippen molar-refractivity contribution in [2.45, 2.75) is 6.54 Å². The summed E-state index contributed by atoms with van der Waals surface area (Å²) in [5, 5.41) is 0. The first-order valence-corrected chi connectivity index (χ1v) is 4.40. The molecule has 0 fully saturated rings. The maximum absolute atomic E-state index is 4.17. The van der Waals surface area contributed by atoms with Gasteiger partial charge in [0.15, 0.2) is 0 Å². The quantitative estimate of drug-likeness (QED) is 0.666. The number of nitrogens with zero attached hydrogens (tertiary/aromatic N) is 2. The van der Waals surface area contributed by atoms with Crippen molar-refractivity contribution in [3.8, 4) is 0 Å². The lowest BCUT2D eigenvalue weighted by Crippen LogP contribution is -2.18. The molecule has 0 N–H and O–H groups in total. The van der Waals surface area contributed by atoms with E-state index in [0.29, 0.717) is 0 Å². The number of hydrogen-bond acceptors (Lipinski definition) is 2. The highest BCUT2D eigenvalue weighted by Gasteiger charge is 2.00. The molecule has 1 heterocycles. The Morgan fingerprint density at radius 3 is 2.77 bits per heavy atom. The van der Waals surface area contributed by atoms with Crippen molar-refractivity contribution in [2.75, 3.05) is 6.67 Å². The normalized spacial score (nSPS) is 14.9. The standard InChI is InChI=1S/C11H12N2/c1-2-5-11(6-3-1)9-13-8-4-7-12-10-13/h1-8H,9-10H2. The van der Waals surface area contributed by atoms with Crippen molar-refractivity contribution in [3.05, 3.63) is 48.2 Å². The van der Waals surface area contributed by atoms with Crippen LogP contribution in [0.3, 0.4) is 0 Å². The fourth-order valence-corrected chi connectivity index (χ4v) is 1.34. The second-order valence-corrected chi connectivity index (χ2v) is 3.05. The molecule has 0 radical (unpaired) electrons. The molecule has 0 saturated heterocycles. The molecule has 66 valence electrons. The van der Waals surface area contributed by atoms with Gasteiger partial charge < -0.3 is 4.90 Å². The summed E-state index contributed by atoms with van der Waals surface area (Å²) in [6, 6.07) is 10.4. The summed E-state index contributed by atoms with van der Waals surface area (Å²) < 4.78 is 0. The van der Waals surface area contributed by atoms with E-state index in [4.69, 9.17) is 0 Å². The van der Waals surface area contributed by atoms with Crippen LogP contribution in [0.15, 0.2) is 47.6 Å². The average Bonchev–Trinajstić information content (AvgIpc) is 2.21. The van der Waals surface area contributed by atoms with E-state index in [1.165, 1.54) is 5.56 Å². The van der Waals surface area contributed by atoms with Crippen LogP contribution in [0.4, 0.5) is 0 Å². The lowest BCUT2D eigenvalue weighted by molar-refractivity contribution is 0.379. The first-order valence-electron chi connectivity index (χ1n) is 4.40. The molecule has 1 aromatic carbocycles. The Labute approximate surface area is 78.2 Å². The molecule has 2 nitrogen and oxygen atoms in total. The van der Waals surface area contributed by atoms with E-state index in [1.54, 1.807) is 0 Å². The molecule has 0 saturated carbocycles. The van der Waals surface area contributed by atoms with E-state index in [-0.39, 0.29) is 0 Å². The Hall–Kier alpha value is -1.57. The SMILES string of the molecule is C1=CN(Cc2ccccc2)CN=C1. The van der Waals surface area contributed by atoms with Gasteiger partial charge in [-0.05, 0) is 11.6 Å². The van der Waals surface area contributed by atoms with Crippen molar-refractivity contribution >= 4 is 6.21 Å². The molecule has 0 atom stereocenters. The van der Waals surface area contributed by atoms with Crippen LogP contribution in [0.5, 0.6) is 0 Å². The molecule has 0 aromatic heterocycles. The third-order valence-electron chi connectivity index (χ3n) is 1.98. The van der Waals surface area contributed by atoms with E-state index >= 15 is 0 Å². The lowest BCUT2D eigenvalue weighted by atomic mass is 10.2. The summed E-state index contributed by atoms with van der Waals surface area (Å²) in [5.74, 6) is 0. The maximum atomic E-state index is 4.17. The molecule has 0 aliphatic carbocycles. The first kappa shape index (κ1) is 8.05. The maximum Gasteiger partial charge on any atom is 0.110 e. The van der Waals surface area contributed by atoms with Crippen molar-refractivity contribution in [3.63, 3.8) is 0 Å². The number of hydrogen-bond donors (Lipinski definition) is 0. The van der Waals surface area contributed by atoms with Gasteiger partial charge in [-0.2, -0.15) is 0 Å². The van der Waals surface area contributed by atoms with Crippen molar-refractivity contribution in [2.24, 2.45) is 4.99 Å². The third kappa shape index (κ3) is 2.18. The van der Waals surface area contributed by atoms with Gasteiger partial charge in [0, 0.05) is 19.0 Å². The Morgan fingerprint density at radius 1 is 1.23 bits per heavy atom. The Bertz CT molecular complexity index is 314. The minimum Gasteiger partial charge on any atom is -0.354 e. The summed E-state index contributed by atoms with van der Waals surface area (Å²) in [6.07, 6.45) is 5.87. The predicted molar refractivity (Wildman–Crippen MR) is 54.5 cm³/mol. The monoisotopic (exact) mass is 172 g/mol. The topological polar surface area (TPSA) is 15.6 Å². The predicted octanol–water partition coefficient (Wildman–Crippen LogP) is 2.04. The Morgan fingerprint density at radius 2 is 2.08 bits per heavy atom. The summed E-state index contributed by atoms with van der Waals surface area (Å²) in [7, 11) is 0. The third-order valence-corrected chi connectivity index (χ3v) is 1.98. The zero-order valence-corrected chi connectivity index (χ0v) is 7.43. The van der Waals surface area contributed by atoms with E-state index in [9.17, 15) is 0 Å². The molecule has 13 heavy (non-hydrogen) atoms. The van der Waals surface area contributed by atoms with Crippen molar-refractivity contribution in [1.82, 2.24) is 4.90 Å². The minimum atomic E-state index is 0.769. The number of aliphatic imine (C=N–C) groups is 1. The van der Waals surface area contributed by atoms with Gasteiger partial charge in [-0.15, -0.1) is 0 Å². The van der Waals surface area contributed by atoms with Crippen LogP contribution in [0.1, 0.15) is 5.56 Å². The van der Waals surface area contributed by atoms with Gasteiger partial charge in [0.25, 0.3) is 0 Å². The Balaban J connectivity index is 1.99. The van der Waals surface area contributed by atoms with Gasteiger partial charge in [0.05, 0.1) is 0 Å². The van der Waals surface area contributed by atoms with Gasteiger partial charge in [-0.1, -0.05) is 30.3 Å². The molecular weight excluding hydrogens is 160 g/mol. The van der Waals surface area contributed by atoms with Crippen molar-refractivity contribution in [1.29, 1.82) is 0 Å². The molecule has 0 unspecified atom stereocenters. The second-order valence-electron chi connectivity index (χ2n) is 3.05. The van der Waals surface area contributed by atoms with E-state index in [2.05, 4.69) is 40.4 Å². The summed E-state index contributed by atoms with van der Waals surface area (Å²) in [5.41, 5.74) is 1.32. The highest BCUT2D eigenvalue weighted by Crippen LogP contribution is 2.05. The second kappa shape index (κ2) is 3.90. The molecular formula is C11H12N2. The van der Waals surface area contributed by atoms with Gasteiger partial charge >= 0.3 is 0 Å². The number of rotatable bonds is 2. The van der Waals surface area contributed by atoms with Crippen LogP contribution in [-0.2, 0) is 6.54 Å². The fraction of sp³-hybridized carbons (Fsp3) is 0.182. The largest absolute Gasteiger partial charge is 0.354 e. The van der Waals surface area contributed by atoms with Gasteiger partial charge in [-0.25, -0.2) is 0 Å². The van der Waals surface area contributed by atoms with Gasteiger partial charge in [0.2, 0.25) is 0 Å². The molecule has 0 bridgehead atoms. The zero-order valence-electron chi connectivity index (χ0n) is 7.43. The summed E-state index contributed by atoms with van der Waals surface area (Å²) in [4.78, 5) is 6.34. The molecule has 0 spiro atoms. The van der Waals surface area contributed by atoms with Crippen LogP contribution in [0.2, 0.25) is 0 Å². The highest BCUT2D eigenvalue weighted by molar-refractivity contribution is 5.71. The Kier molecular flexibility index (Phi) is 2.41.